The number of hydrogen-bond donors (Lipinski definition) is 0. The molecule has 0 aliphatic heterocycles. The number of rotatable bonds is 6. The molecule has 1 unspecified atom stereocenters. The van der Waals surface area contributed by atoms with E-state index in [4.69, 9.17) is 4.74 Å². The number of fused-ring (bicyclic) bond motifs is 1. The highest BCUT2D eigenvalue weighted by Gasteiger charge is 2.46. The summed E-state index contributed by atoms with van der Waals surface area (Å²) in [5.41, 5.74) is 2.34. The van der Waals surface area contributed by atoms with Gasteiger partial charge in [-0.2, -0.15) is 0 Å². The van der Waals surface area contributed by atoms with Crippen molar-refractivity contribution in [2.75, 3.05) is 0 Å². The molecule has 2 aliphatic rings. The molecule has 158 valence electrons. The van der Waals surface area contributed by atoms with E-state index < -0.39 is 0 Å². The predicted molar refractivity (Wildman–Crippen MR) is 115 cm³/mol. The normalized spacial score (nSPS) is 26.1. The summed E-state index contributed by atoms with van der Waals surface area (Å²) in [6.45, 7) is 9.02. The van der Waals surface area contributed by atoms with Crippen LogP contribution in [0, 0.1) is 23.7 Å². The molecule has 2 aromatic rings. The SMILES string of the molecule is CCc1n([C@@H](C(=O)OC2C[C@H](C)CC[C@H]2C(C)C)C2CC2)c2ccccc2[n+]1C. The molecule has 4 heteroatoms. The van der Waals surface area contributed by atoms with Gasteiger partial charge in [0.2, 0.25) is 6.04 Å². The smallest absolute Gasteiger partial charge is 0.352 e. The Bertz CT molecular complexity index is 880. The van der Waals surface area contributed by atoms with Crippen LogP contribution in [0.25, 0.3) is 11.0 Å². The Labute approximate surface area is 175 Å². The van der Waals surface area contributed by atoms with Gasteiger partial charge in [0.25, 0.3) is 5.82 Å². The minimum atomic E-state index is -0.193. The number of nitrogens with zero attached hydrogens (tertiary/aromatic N) is 2. The number of hydrogen-bond acceptors (Lipinski definition) is 2. The molecular formula is C25H37N2O2+. The van der Waals surface area contributed by atoms with Crippen molar-refractivity contribution in [1.82, 2.24) is 4.57 Å². The zero-order valence-corrected chi connectivity index (χ0v) is 18.7. The van der Waals surface area contributed by atoms with Gasteiger partial charge in [-0.05, 0) is 55.6 Å². The van der Waals surface area contributed by atoms with E-state index in [0.717, 1.165) is 31.2 Å². The number of carbonyl (C=O) groups is 1. The molecule has 2 aliphatic carbocycles. The number of imidazole rings is 1. The number of para-hydroxylation sites is 2. The molecule has 1 aromatic carbocycles. The number of carbonyl (C=O) groups excluding carboxylic acids is 1. The first kappa shape index (κ1) is 20.4. The largest absolute Gasteiger partial charge is 0.459 e. The lowest BCUT2D eigenvalue weighted by atomic mass is 9.75. The number of aryl methyl sites for hydroxylation is 1. The van der Waals surface area contributed by atoms with Crippen LogP contribution in [0.4, 0.5) is 0 Å². The van der Waals surface area contributed by atoms with Crippen LogP contribution in [-0.2, 0) is 23.0 Å². The summed E-state index contributed by atoms with van der Waals surface area (Å²) < 4.78 is 10.9. The zero-order chi connectivity index (χ0) is 20.7. The van der Waals surface area contributed by atoms with Crippen molar-refractivity contribution < 1.29 is 14.1 Å². The second kappa shape index (κ2) is 8.12. The van der Waals surface area contributed by atoms with E-state index in [1.54, 1.807) is 0 Å². The average Bonchev–Trinajstić information content (AvgIpc) is 3.48. The molecular weight excluding hydrogens is 360 g/mol. The molecule has 0 radical (unpaired) electrons. The van der Waals surface area contributed by atoms with E-state index in [1.165, 1.54) is 24.2 Å². The van der Waals surface area contributed by atoms with Gasteiger partial charge in [-0.1, -0.05) is 46.2 Å². The van der Waals surface area contributed by atoms with E-state index in [2.05, 4.69) is 68.1 Å². The van der Waals surface area contributed by atoms with Gasteiger partial charge < -0.3 is 4.74 Å². The fourth-order valence-corrected chi connectivity index (χ4v) is 5.50. The fraction of sp³-hybridized carbons (Fsp3) is 0.680. The molecule has 0 amide bonds. The Hall–Kier alpha value is -1.84. The van der Waals surface area contributed by atoms with Crippen LogP contribution in [0.1, 0.15) is 71.7 Å². The van der Waals surface area contributed by atoms with Crippen molar-refractivity contribution in [2.45, 2.75) is 78.4 Å². The van der Waals surface area contributed by atoms with Gasteiger partial charge in [-0.3, -0.25) is 0 Å². The molecule has 4 atom stereocenters. The highest BCUT2D eigenvalue weighted by atomic mass is 16.5. The van der Waals surface area contributed by atoms with Gasteiger partial charge in [0.05, 0.1) is 7.05 Å². The van der Waals surface area contributed by atoms with Crippen LogP contribution >= 0.6 is 0 Å². The summed E-state index contributed by atoms with van der Waals surface area (Å²) >= 11 is 0. The summed E-state index contributed by atoms with van der Waals surface area (Å²) in [6.07, 6.45) is 6.63. The molecule has 29 heavy (non-hydrogen) atoms. The molecule has 1 heterocycles. The van der Waals surface area contributed by atoms with E-state index in [-0.39, 0.29) is 18.1 Å². The van der Waals surface area contributed by atoms with Crippen molar-refractivity contribution in [3.8, 4) is 0 Å². The minimum absolute atomic E-state index is 0.00620. The quantitative estimate of drug-likeness (QED) is 0.509. The first-order valence-electron chi connectivity index (χ1n) is 11.6. The highest BCUT2D eigenvalue weighted by Crippen LogP contribution is 2.43. The molecule has 4 nitrogen and oxygen atoms in total. The van der Waals surface area contributed by atoms with Crippen LogP contribution in [0.5, 0.6) is 0 Å². The maximum atomic E-state index is 13.6. The number of esters is 1. The molecule has 2 fully saturated rings. The molecule has 0 saturated heterocycles. The first-order chi connectivity index (χ1) is 13.9. The Balaban J connectivity index is 1.69. The summed E-state index contributed by atoms with van der Waals surface area (Å²) in [5.74, 6) is 3.28. The van der Waals surface area contributed by atoms with Gasteiger partial charge in [0.15, 0.2) is 11.0 Å². The van der Waals surface area contributed by atoms with Crippen LogP contribution in [-0.4, -0.2) is 16.6 Å². The number of aromatic nitrogens is 2. The van der Waals surface area contributed by atoms with E-state index in [1.807, 2.05) is 0 Å². The number of benzene rings is 1. The van der Waals surface area contributed by atoms with Crippen LogP contribution in [0.2, 0.25) is 0 Å². The Morgan fingerprint density at radius 2 is 1.93 bits per heavy atom. The van der Waals surface area contributed by atoms with E-state index >= 15 is 0 Å². The van der Waals surface area contributed by atoms with Crippen molar-refractivity contribution in [3.63, 3.8) is 0 Å². The first-order valence-corrected chi connectivity index (χ1v) is 11.6. The lowest BCUT2D eigenvalue weighted by molar-refractivity contribution is -0.654. The summed E-state index contributed by atoms with van der Waals surface area (Å²) in [6, 6.07) is 8.26. The second-order valence-corrected chi connectivity index (χ2v) is 9.77. The monoisotopic (exact) mass is 397 g/mol. The molecule has 0 N–H and O–H groups in total. The second-order valence-electron chi connectivity index (χ2n) is 9.77. The van der Waals surface area contributed by atoms with Crippen molar-refractivity contribution in [2.24, 2.45) is 30.7 Å². The Morgan fingerprint density at radius 3 is 2.59 bits per heavy atom. The van der Waals surface area contributed by atoms with Gasteiger partial charge in [-0.15, -0.1) is 0 Å². The molecule has 4 rings (SSSR count). The zero-order valence-electron chi connectivity index (χ0n) is 18.7. The van der Waals surface area contributed by atoms with E-state index in [9.17, 15) is 4.79 Å². The lowest BCUT2D eigenvalue weighted by Crippen LogP contribution is -2.39. The summed E-state index contributed by atoms with van der Waals surface area (Å²) in [5, 5.41) is 0. The molecule has 1 aromatic heterocycles. The van der Waals surface area contributed by atoms with Gasteiger partial charge >= 0.3 is 5.97 Å². The molecule has 0 spiro atoms. The average molecular weight is 398 g/mol. The van der Waals surface area contributed by atoms with E-state index in [0.29, 0.717) is 23.7 Å². The standard InChI is InChI=1S/C25H37N2O2/c1-6-23-26(5)20-9-7-8-10-21(20)27(23)24(18-12-13-18)25(28)29-22-15-17(4)11-14-19(22)16(2)3/h7-10,16-19,22,24H,6,11-15H2,1-5H3/q+1/t17-,19+,22?,24-/m1/s1. The third-order valence-corrected chi connectivity index (χ3v) is 7.30. The molecule has 0 bridgehead atoms. The van der Waals surface area contributed by atoms with Gasteiger partial charge in [0.1, 0.15) is 6.10 Å². The summed E-state index contributed by atoms with van der Waals surface area (Å²) in [7, 11) is 2.12. The fourth-order valence-electron chi connectivity index (χ4n) is 5.50. The predicted octanol–water partition coefficient (Wildman–Crippen LogP) is 4.98. The highest BCUT2D eigenvalue weighted by molar-refractivity contribution is 5.80. The third kappa shape index (κ3) is 3.83. The molecule has 2 saturated carbocycles. The van der Waals surface area contributed by atoms with Crippen LogP contribution in [0.15, 0.2) is 24.3 Å². The minimum Gasteiger partial charge on any atom is -0.459 e. The van der Waals surface area contributed by atoms with Crippen molar-refractivity contribution >= 4 is 17.0 Å². The Morgan fingerprint density at radius 1 is 1.21 bits per heavy atom. The van der Waals surface area contributed by atoms with Crippen molar-refractivity contribution in [3.05, 3.63) is 30.1 Å². The third-order valence-electron chi connectivity index (χ3n) is 7.30. The van der Waals surface area contributed by atoms with Crippen LogP contribution < -0.4 is 4.57 Å². The maximum absolute atomic E-state index is 13.6. The topological polar surface area (TPSA) is 35.1 Å². The van der Waals surface area contributed by atoms with Gasteiger partial charge in [0, 0.05) is 12.3 Å². The summed E-state index contributed by atoms with van der Waals surface area (Å²) in [4.78, 5) is 13.6. The van der Waals surface area contributed by atoms with Crippen molar-refractivity contribution in [1.29, 1.82) is 0 Å². The number of ether oxygens (including phenoxy) is 1. The van der Waals surface area contributed by atoms with Gasteiger partial charge in [-0.25, -0.2) is 13.9 Å². The Kier molecular flexibility index (Phi) is 5.72. The van der Waals surface area contributed by atoms with Crippen LogP contribution in [0.3, 0.4) is 0 Å². The maximum Gasteiger partial charge on any atom is 0.352 e. The lowest BCUT2D eigenvalue weighted by Gasteiger charge is -2.37.